The summed E-state index contributed by atoms with van der Waals surface area (Å²) < 4.78 is 0. The molecule has 0 nitrogen and oxygen atoms in total. The van der Waals surface area contributed by atoms with Crippen molar-refractivity contribution in [1.82, 2.24) is 0 Å². The van der Waals surface area contributed by atoms with Crippen molar-refractivity contribution in [1.29, 1.82) is 0 Å². The number of hydrogen-bond donors (Lipinski definition) is 0. The molecule has 1 rings (SSSR count). The van der Waals surface area contributed by atoms with Crippen LogP contribution in [-0.4, -0.2) is 0 Å². The lowest BCUT2D eigenvalue weighted by Crippen LogP contribution is -1.68. The van der Waals surface area contributed by atoms with Gasteiger partial charge in [0.05, 0.1) is 0 Å². The van der Waals surface area contributed by atoms with Crippen molar-refractivity contribution in [3.05, 3.63) is 39.6 Å². The summed E-state index contributed by atoms with van der Waals surface area (Å²) in [6, 6.07) is 2.21. The second kappa shape index (κ2) is 3.72. The smallest absolute Gasteiger partial charge is 0.00893 e. The summed E-state index contributed by atoms with van der Waals surface area (Å²) in [6.07, 6.45) is 4.18. The first-order valence-corrected chi connectivity index (χ1v) is 4.82. The Labute approximate surface area is 78.2 Å². The number of hydrogen-bond acceptors (Lipinski definition) is 1. The average molecular weight is 178 g/mol. The Morgan fingerprint density at radius 1 is 1.50 bits per heavy atom. The molecule has 0 saturated carbocycles. The van der Waals surface area contributed by atoms with E-state index in [1.165, 1.54) is 15.3 Å². The molecule has 0 aliphatic carbocycles. The fourth-order valence-corrected chi connectivity index (χ4v) is 1.96. The second-order valence-electron chi connectivity index (χ2n) is 3.05. The predicted octanol–water partition coefficient (Wildman–Crippen LogP) is 3.95. The zero-order valence-corrected chi connectivity index (χ0v) is 8.66. The van der Waals surface area contributed by atoms with Gasteiger partial charge < -0.3 is 0 Å². The van der Waals surface area contributed by atoms with Gasteiger partial charge in [-0.3, -0.25) is 0 Å². The molecular formula is C11H14S. The number of aryl methyl sites for hydroxylation is 2. The number of thiophene rings is 1. The number of rotatable bonds is 2. The van der Waals surface area contributed by atoms with Gasteiger partial charge in [0.25, 0.3) is 0 Å². The molecule has 0 N–H and O–H groups in total. The van der Waals surface area contributed by atoms with Gasteiger partial charge in [-0.15, -0.1) is 11.3 Å². The van der Waals surface area contributed by atoms with E-state index in [0.717, 1.165) is 5.57 Å². The molecule has 0 saturated heterocycles. The fourth-order valence-electron chi connectivity index (χ4n) is 1.05. The van der Waals surface area contributed by atoms with Crippen LogP contribution >= 0.6 is 11.3 Å². The summed E-state index contributed by atoms with van der Waals surface area (Å²) in [5, 5.41) is 0. The van der Waals surface area contributed by atoms with Crippen molar-refractivity contribution in [2.75, 3.05) is 0 Å². The predicted molar refractivity (Wildman–Crippen MR) is 57.6 cm³/mol. The molecule has 1 aromatic heterocycles. The highest BCUT2D eigenvalue weighted by atomic mass is 32.1. The Balaban J connectivity index is 2.89. The maximum absolute atomic E-state index is 3.82. The highest BCUT2D eigenvalue weighted by Crippen LogP contribution is 2.21. The third-order valence-corrected chi connectivity index (χ3v) is 2.61. The molecule has 0 bridgehead atoms. The Hall–Kier alpha value is -0.820. The highest BCUT2D eigenvalue weighted by Gasteiger charge is 1.97. The molecule has 1 heteroatoms. The van der Waals surface area contributed by atoms with Gasteiger partial charge in [-0.25, -0.2) is 0 Å². The van der Waals surface area contributed by atoms with Crippen LogP contribution in [0.1, 0.15) is 22.2 Å². The maximum Gasteiger partial charge on any atom is 0.00893 e. The summed E-state index contributed by atoms with van der Waals surface area (Å²) in [7, 11) is 0. The van der Waals surface area contributed by atoms with Gasteiger partial charge >= 0.3 is 0 Å². The van der Waals surface area contributed by atoms with Crippen LogP contribution in [0.5, 0.6) is 0 Å². The minimum atomic E-state index is 1.10. The van der Waals surface area contributed by atoms with Crippen LogP contribution in [-0.2, 0) is 0 Å². The van der Waals surface area contributed by atoms with Gasteiger partial charge in [-0.2, -0.15) is 0 Å². The normalized spacial score (nSPS) is 10.9. The van der Waals surface area contributed by atoms with Crippen molar-refractivity contribution >= 4 is 17.4 Å². The Bertz CT molecular complexity index is 316. The molecule has 0 atom stereocenters. The molecule has 0 unspecified atom stereocenters. The maximum atomic E-state index is 3.82. The van der Waals surface area contributed by atoms with E-state index in [1.807, 2.05) is 18.3 Å². The largest absolute Gasteiger partial charge is 0.145 e. The first-order chi connectivity index (χ1) is 5.59. The summed E-state index contributed by atoms with van der Waals surface area (Å²) in [5.41, 5.74) is 2.42. The van der Waals surface area contributed by atoms with E-state index in [-0.39, 0.29) is 0 Å². The topological polar surface area (TPSA) is 0 Å². The fraction of sp³-hybridized carbons (Fsp3) is 0.273. The lowest BCUT2D eigenvalue weighted by molar-refractivity contribution is 1.54. The molecule has 0 fully saturated rings. The van der Waals surface area contributed by atoms with Crippen LogP contribution in [0.2, 0.25) is 0 Å². The van der Waals surface area contributed by atoms with Crippen LogP contribution in [0.3, 0.4) is 0 Å². The summed E-state index contributed by atoms with van der Waals surface area (Å²) >= 11 is 1.84. The van der Waals surface area contributed by atoms with Crippen LogP contribution in [0.15, 0.2) is 24.3 Å². The third-order valence-electron chi connectivity index (χ3n) is 1.63. The van der Waals surface area contributed by atoms with Gasteiger partial charge in [0.2, 0.25) is 0 Å². The SMILES string of the molecule is C=C(C)C=Cc1cc(C)sc1C. The van der Waals surface area contributed by atoms with E-state index >= 15 is 0 Å². The number of allylic oxidation sites excluding steroid dienone is 2. The summed E-state index contributed by atoms with van der Waals surface area (Å²) in [4.78, 5) is 2.75. The van der Waals surface area contributed by atoms with Gasteiger partial charge in [0.15, 0.2) is 0 Å². The zero-order valence-electron chi connectivity index (χ0n) is 7.85. The van der Waals surface area contributed by atoms with Gasteiger partial charge in [-0.1, -0.05) is 24.3 Å². The second-order valence-corrected chi connectivity index (χ2v) is 4.51. The first-order valence-electron chi connectivity index (χ1n) is 4.00. The van der Waals surface area contributed by atoms with E-state index < -0.39 is 0 Å². The van der Waals surface area contributed by atoms with Crippen LogP contribution in [0, 0.1) is 13.8 Å². The molecule has 0 aromatic carbocycles. The molecule has 0 amide bonds. The lowest BCUT2D eigenvalue weighted by atomic mass is 10.2. The molecule has 1 aromatic rings. The van der Waals surface area contributed by atoms with Crippen LogP contribution in [0.25, 0.3) is 6.08 Å². The monoisotopic (exact) mass is 178 g/mol. The first kappa shape index (κ1) is 9.27. The van der Waals surface area contributed by atoms with E-state index in [0.29, 0.717) is 0 Å². The zero-order chi connectivity index (χ0) is 9.14. The molecule has 64 valence electrons. The third kappa shape index (κ3) is 2.35. The molecule has 1 heterocycles. The quantitative estimate of drug-likeness (QED) is 0.601. The highest BCUT2D eigenvalue weighted by molar-refractivity contribution is 7.12. The minimum Gasteiger partial charge on any atom is -0.145 e. The summed E-state index contributed by atoms with van der Waals surface area (Å²) in [5.74, 6) is 0. The Morgan fingerprint density at radius 3 is 2.58 bits per heavy atom. The van der Waals surface area contributed by atoms with E-state index in [1.54, 1.807) is 0 Å². The van der Waals surface area contributed by atoms with Gasteiger partial charge in [-0.05, 0) is 32.4 Å². The van der Waals surface area contributed by atoms with E-state index in [4.69, 9.17) is 0 Å². The van der Waals surface area contributed by atoms with Gasteiger partial charge in [0, 0.05) is 9.75 Å². The molecule has 0 radical (unpaired) electrons. The molecule has 0 aliphatic rings. The molecular weight excluding hydrogens is 164 g/mol. The van der Waals surface area contributed by atoms with E-state index in [9.17, 15) is 0 Å². The van der Waals surface area contributed by atoms with Crippen molar-refractivity contribution in [3.8, 4) is 0 Å². The Kier molecular flexibility index (Phi) is 2.88. The summed E-state index contributed by atoms with van der Waals surface area (Å²) in [6.45, 7) is 10.1. The lowest BCUT2D eigenvalue weighted by Gasteiger charge is -1.88. The van der Waals surface area contributed by atoms with Crippen molar-refractivity contribution < 1.29 is 0 Å². The van der Waals surface area contributed by atoms with Crippen molar-refractivity contribution in [2.45, 2.75) is 20.8 Å². The molecule has 12 heavy (non-hydrogen) atoms. The van der Waals surface area contributed by atoms with Crippen LogP contribution < -0.4 is 0 Å². The van der Waals surface area contributed by atoms with Gasteiger partial charge in [0.1, 0.15) is 0 Å². The average Bonchev–Trinajstić information content (AvgIpc) is 2.26. The Morgan fingerprint density at radius 2 is 2.17 bits per heavy atom. The van der Waals surface area contributed by atoms with Crippen molar-refractivity contribution in [3.63, 3.8) is 0 Å². The van der Waals surface area contributed by atoms with Crippen molar-refractivity contribution in [2.24, 2.45) is 0 Å². The van der Waals surface area contributed by atoms with Crippen LogP contribution in [0.4, 0.5) is 0 Å². The minimum absolute atomic E-state index is 1.10. The molecule has 0 aliphatic heterocycles. The molecule has 0 spiro atoms. The standard InChI is InChI=1S/C11H14S/c1-8(2)5-6-11-7-9(3)12-10(11)4/h5-7H,1H2,2-4H3. The van der Waals surface area contributed by atoms with E-state index in [2.05, 4.69) is 38.6 Å².